The molecule has 8 nitrogen and oxygen atoms in total. The molecule has 2 heterocycles. The van der Waals surface area contributed by atoms with Crippen LogP contribution in [0, 0.1) is 0 Å². The molecule has 1 atom stereocenters. The van der Waals surface area contributed by atoms with Gasteiger partial charge in [-0.15, -0.1) is 0 Å². The van der Waals surface area contributed by atoms with Gasteiger partial charge in [-0.25, -0.2) is 13.4 Å². The van der Waals surface area contributed by atoms with Crippen molar-refractivity contribution in [3.63, 3.8) is 0 Å². The molecule has 0 spiro atoms. The summed E-state index contributed by atoms with van der Waals surface area (Å²) in [5.74, 6) is 0.867. The summed E-state index contributed by atoms with van der Waals surface area (Å²) in [6, 6.07) is 8.30. The molecule has 1 aliphatic heterocycles. The Hall–Kier alpha value is -2.39. The molecule has 0 saturated carbocycles. The number of sulfonamides is 1. The first kappa shape index (κ1) is 18.4. The van der Waals surface area contributed by atoms with E-state index in [-0.39, 0.29) is 23.6 Å². The van der Waals surface area contributed by atoms with Gasteiger partial charge in [0.25, 0.3) is 0 Å². The first-order chi connectivity index (χ1) is 12.5. The Morgan fingerprint density at radius 1 is 1.19 bits per heavy atom. The van der Waals surface area contributed by atoms with E-state index in [1.165, 1.54) is 30.8 Å². The molecule has 1 fully saturated rings. The number of rotatable bonds is 6. The molecule has 1 aromatic heterocycles. The summed E-state index contributed by atoms with van der Waals surface area (Å²) in [7, 11) is -0.636. The molecule has 1 aromatic carbocycles. The lowest BCUT2D eigenvalue weighted by Crippen LogP contribution is -2.44. The molecule has 26 heavy (non-hydrogen) atoms. The Balaban J connectivity index is 1.74. The Labute approximate surface area is 152 Å². The fourth-order valence-electron chi connectivity index (χ4n) is 2.79. The normalized spacial score (nSPS) is 18.3. The van der Waals surface area contributed by atoms with Crippen LogP contribution >= 0.6 is 0 Å². The van der Waals surface area contributed by atoms with Gasteiger partial charge in [0.05, 0.1) is 25.7 Å². The van der Waals surface area contributed by atoms with Gasteiger partial charge in [-0.05, 0) is 25.0 Å². The van der Waals surface area contributed by atoms with E-state index >= 15 is 0 Å². The van der Waals surface area contributed by atoms with Gasteiger partial charge in [-0.1, -0.05) is 6.07 Å². The third-order valence-electron chi connectivity index (χ3n) is 4.10. The summed E-state index contributed by atoms with van der Waals surface area (Å²) in [5, 5.41) is 0. The van der Waals surface area contributed by atoms with Gasteiger partial charge in [0.15, 0.2) is 0 Å². The number of aromatic nitrogens is 2. The lowest BCUT2D eigenvalue weighted by Gasteiger charge is -2.31. The van der Waals surface area contributed by atoms with Gasteiger partial charge in [-0.2, -0.15) is 9.29 Å². The predicted octanol–water partition coefficient (Wildman–Crippen LogP) is 1.73. The molecular formula is C17H21N3O5S. The third-order valence-corrected chi connectivity index (χ3v) is 5.96. The summed E-state index contributed by atoms with van der Waals surface area (Å²) in [5.41, 5.74) is 0. The van der Waals surface area contributed by atoms with Gasteiger partial charge < -0.3 is 14.2 Å². The van der Waals surface area contributed by atoms with Crippen molar-refractivity contribution < 1.29 is 22.6 Å². The molecule has 1 saturated heterocycles. The standard InChI is InChI=1S/C17H21N3O5S/c1-23-13-5-3-7-15(11-13)26(21,22)20-10-4-6-14(12-20)25-16-8-9-18-17(19-16)24-2/h3,5,7-9,11,14H,4,6,10,12H2,1-2H3. The first-order valence-corrected chi connectivity index (χ1v) is 9.65. The van der Waals surface area contributed by atoms with E-state index in [0.717, 1.165) is 6.42 Å². The van der Waals surface area contributed by atoms with E-state index in [1.807, 2.05) is 0 Å². The van der Waals surface area contributed by atoms with Crippen molar-refractivity contribution in [1.82, 2.24) is 14.3 Å². The second kappa shape index (κ2) is 7.88. The van der Waals surface area contributed by atoms with Crippen molar-refractivity contribution in [3.05, 3.63) is 36.5 Å². The summed E-state index contributed by atoms with van der Waals surface area (Å²) in [6.07, 6.45) is 2.70. The van der Waals surface area contributed by atoms with Crippen LogP contribution in [-0.4, -0.2) is 56.1 Å². The zero-order valence-corrected chi connectivity index (χ0v) is 15.5. The van der Waals surface area contributed by atoms with E-state index in [4.69, 9.17) is 14.2 Å². The molecule has 0 N–H and O–H groups in total. The molecule has 9 heteroatoms. The van der Waals surface area contributed by atoms with Crippen LogP contribution in [0.3, 0.4) is 0 Å². The van der Waals surface area contributed by atoms with Gasteiger partial charge in [-0.3, -0.25) is 0 Å². The summed E-state index contributed by atoms with van der Waals surface area (Å²) >= 11 is 0. The Bertz CT molecular complexity index is 859. The molecule has 140 valence electrons. The van der Waals surface area contributed by atoms with Crippen LogP contribution in [0.5, 0.6) is 17.6 Å². The quantitative estimate of drug-likeness (QED) is 0.755. The van der Waals surface area contributed by atoms with Crippen LogP contribution in [0.4, 0.5) is 0 Å². The van der Waals surface area contributed by atoms with Crippen LogP contribution in [0.25, 0.3) is 0 Å². The number of benzene rings is 1. The molecule has 0 radical (unpaired) electrons. The molecule has 1 aliphatic rings. The second-order valence-corrected chi connectivity index (χ2v) is 7.74. The summed E-state index contributed by atoms with van der Waals surface area (Å²) in [6.45, 7) is 0.707. The largest absolute Gasteiger partial charge is 0.497 e. The lowest BCUT2D eigenvalue weighted by molar-refractivity contribution is 0.123. The van der Waals surface area contributed by atoms with Crippen molar-refractivity contribution >= 4 is 10.0 Å². The number of hydrogen-bond donors (Lipinski definition) is 0. The number of ether oxygens (including phenoxy) is 3. The Morgan fingerprint density at radius 3 is 2.81 bits per heavy atom. The molecule has 0 bridgehead atoms. The van der Waals surface area contributed by atoms with Gasteiger partial charge in [0.1, 0.15) is 11.9 Å². The molecule has 0 aliphatic carbocycles. The highest BCUT2D eigenvalue weighted by atomic mass is 32.2. The average Bonchev–Trinajstić information content (AvgIpc) is 2.68. The van der Waals surface area contributed by atoms with Crippen LogP contribution in [0.1, 0.15) is 12.8 Å². The highest BCUT2D eigenvalue weighted by Crippen LogP contribution is 2.25. The molecule has 0 amide bonds. The van der Waals surface area contributed by atoms with Crippen LogP contribution in [0.2, 0.25) is 0 Å². The number of hydrogen-bond acceptors (Lipinski definition) is 7. The minimum absolute atomic E-state index is 0.208. The van der Waals surface area contributed by atoms with E-state index in [9.17, 15) is 8.42 Å². The lowest BCUT2D eigenvalue weighted by atomic mass is 10.1. The van der Waals surface area contributed by atoms with Crippen molar-refractivity contribution in [1.29, 1.82) is 0 Å². The zero-order chi connectivity index (χ0) is 18.6. The van der Waals surface area contributed by atoms with Crippen LogP contribution in [0.15, 0.2) is 41.4 Å². The van der Waals surface area contributed by atoms with E-state index in [1.54, 1.807) is 24.3 Å². The van der Waals surface area contributed by atoms with E-state index in [2.05, 4.69) is 9.97 Å². The van der Waals surface area contributed by atoms with Crippen molar-refractivity contribution in [2.24, 2.45) is 0 Å². The third kappa shape index (κ3) is 4.05. The van der Waals surface area contributed by atoms with Crippen LogP contribution < -0.4 is 14.2 Å². The van der Waals surface area contributed by atoms with Gasteiger partial charge >= 0.3 is 6.01 Å². The molecule has 2 aromatic rings. The number of nitrogens with zero attached hydrogens (tertiary/aromatic N) is 3. The zero-order valence-electron chi connectivity index (χ0n) is 14.7. The maximum absolute atomic E-state index is 12.9. The summed E-state index contributed by atoms with van der Waals surface area (Å²) < 4.78 is 43.2. The first-order valence-electron chi connectivity index (χ1n) is 8.21. The van der Waals surface area contributed by atoms with E-state index in [0.29, 0.717) is 24.6 Å². The van der Waals surface area contributed by atoms with Gasteiger partial charge in [0, 0.05) is 24.9 Å². The van der Waals surface area contributed by atoms with Crippen molar-refractivity contribution in [2.45, 2.75) is 23.8 Å². The molecule has 1 unspecified atom stereocenters. The molecular weight excluding hydrogens is 358 g/mol. The second-order valence-electron chi connectivity index (χ2n) is 5.81. The smallest absolute Gasteiger partial charge is 0.319 e. The SMILES string of the molecule is COc1cccc(S(=O)(=O)N2CCCC(Oc3ccnc(OC)n3)C2)c1. The Kier molecular flexibility index (Phi) is 5.58. The summed E-state index contributed by atoms with van der Waals surface area (Å²) in [4.78, 5) is 8.25. The highest BCUT2D eigenvalue weighted by molar-refractivity contribution is 7.89. The fourth-order valence-corrected chi connectivity index (χ4v) is 4.34. The van der Waals surface area contributed by atoms with Crippen molar-refractivity contribution in [3.8, 4) is 17.6 Å². The predicted molar refractivity (Wildman–Crippen MR) is 94.0 cm³/mol. The van der Waals surface area contributed by atoms with Crippen LogP contribution in [-0.2, 0) is 10.0 Å². The minimum atomic E-state index is -3.62. The Morgan fingerprint density at radius 2 is 2.04 bits per heavy atom. The fraction of sp³-hybridized carbons (Fsp3) is 0.412. The number of piperidine rings is 1. The molecule has 3 rings (SSSR count). The average molecular weight is 379 g/mol. The van der Waals surface area contributed by atoms with E-state index < -0.39 is 10.0 Å². The highest BCUT2D eigenvalue weighted by Gasteiger charge is 2.31. The maximum Gasteiger partial charge on any atom is 0.319 e. The van der Waals surface area contributed by atoms with Gasteiger partial charge in [0.2, 0.25) is 15.9 Å². The monoisotopic (exact) mass is 379 g/mol. The number of methoxy groups -OCH3 is 2. The minimum Gasteiger partial charge on any atom is -0.497 e. The maximum atomic E-state index is 12.9. The van der Waals surface area contributed by atoms with Crippen molar-refractivity contribution in [2.75, 3.05) is 27.3 Å². The topological polar surface area (TPSA) is 90.9 Å².